The van der Waals surface area contributed by atoms with Crippen LogP contribution in [0.5, 0.6) is 0 Å². The normalized spacial score (nSPS) is 19.4. The van der Waals surface area contributed by atoms with Crippen LogP contribution in [0.2, 0.25) is 0 Å². The Kier molecular flexibility index (Phi) is 3.86. The standard InChI is InChI=1S/C16H22O2/c1-16(2,3)15(17)9-8-14-13-7-5-4-6-12(13)10-11-18-14/h4-7,14H,8-11H2,1-3H3. The van der Waals surface area contributed by atoms with Gasteiger partial charge in [0.05, 0.1) is 12.7 Å². The summed E-state index contributed by atoms with van der Waals surface area (Å²) in [6, 6.07) is 8.41. The van der Waals surface area contributed by atoms with Crippen LogP contribution in [0.25, 0.3) is 0 Å². The highest BCUT2D eigenvalue weighted by atomic mass is 16.5. The highest BCUT2D eigenvalue weighted by molar-refractivity contribution is 5.83. The zero-order valence-electron chi connectivity index (χ0n) is 11.5. The number of hydrogen-bond acceptors (Lipinski definition) is 2. The fourth-order valence-corrected chi connectivity index (χ4v) is 2.35. The van der Waals surface area contributed by atoms with Crippen molar-refractivity contribution in [1.29, 1.82) is 0 Å². The molecule has 0 spiro atoms. The molecule has 2 rings (SSSR count). The summed E-state index contributed by atoms with van der Waals surface area (Å²) < 4.78 is 5.82. The molecule has 0 saturated carbocycles. The van der Waals surface area contributed by atoms with Gasteiger partial charge in [-0.05, 0) is 24.0 Å². The van der Waals surface area contributed by atoms with E-state index in [1.54, 1.807) is 0 Å². The topological polar surface area (TPSA) is 26.3 Å². The Balaban J connectivity index is 2.02. The van der Waals surface area contributed by atoms with Gasteiger partial charge < -0.3 is 4.74 Å². The van der Waals surface area contributed by atoms with Gasteiger partial charge in [0.2, 0.25) is 0 Å². The summed E-state index contributed by atoms with van der Waals surface area (Å²) in [4.78, 5) is 12.0. The second kappa shape index (κ2) is 5.23. The molecular weight excluding hydrogens is 224 g/mol. The maximum Gasteiger partial charge on any atom is 0.138 e. The van der Waals surface area contributed by atoms with Crippen LogP contribution in [0.3, 0.4) is 0 Å². The zero-order valence-corrected chi connectivity index (χ0v) is 11.5. The Hall–Kier alpha value is -1.15. The minimum Gasteiger partial charge on any atom is -0.373 e. The number of ketones is 1. The predicted octanol–water partition coefficient (Wildman–Crippen LogP) is 3.70. The first-order chi connectivity index (χ1) is 8.48. The Bertz CT molecular complexity index is 429. The first-order valence-corrected chi connectivity index (χ1v) is 6.71. The smallest absolute Gasteiger partial charge is 0.138 e. The number of ether oxygens (including phenoxy) is 1. The van der Waals surface area contributed by atoms with E-state index in [1.807, 2.05) is 26.8 Å². The molecule has 1 unspecified atom stereocenters. The summed E-state index contributed by atoms with van der Waals surface area (Å²) in [5, 5.41) is 0. The molecule has 1 aliphatic rings. The van der Waals surface area contributed by atoms with Crippen molar-refractivity contribution in [3.63, 3.8) is 0 Å². The van der Waals surface area contributed by atoms with Crippen molar-refractivity contribution in [2.24, 2.45) is 5.41 Å². The summed E-state index contributed by atoms with van der Waals surface area (Å²) in [5.74, 6) is 0.314. The number of carbonyl (C=O) groups is 1. The SMILES string of the molecule is CC(C)(C)C(=O)CCC1OCCc2ccccc21. The molecule has 98 valence electrons. The van der Waals surface area contributed by atoms with Crippen molar-refractivity contribution >= 4 is 5.78 Å². The van der Waals surface area contributed by atoms with E-state index in [-0.39, 0.29) is 11.5 Å². The minimum atomic E-state index is -0.242. The molecule has 0 aliphatic carbocycles. The summed E-state index contributed by atoms with van der Waals surface area (Å²) in [5.41, 5.74) is 2.40. The second-order valence-electron chi connectivity index (χ2n) is 6.02. The summed E-state index contributed by atoms with van der Waals surface area (Å²) in [6.07, 6.45) is 2.48. The first kappa shape index (κ1) is 13.3. The largest absolute Gasteiger partial charge is 0.373 e. The summed E-state index contributed by atoms with van der Waals surface area (Å²) in [7, 11) is 0. The van der Waals surface area contributed by atoms with Crippen molar-refractivity contribution in [3.05, 3.63) is 35.4 Å². The third-order valence-electron chi connectivity index (χ3n) is 3.56. The van der Waals surface area contributed by atoms with E-state index in [2.05, 4.69) is 18.2 Å². The number of Topliss-reactive ketones (excluding diaryl/α,β-unsaturated/α-hetero) is 1. The van der Waals surface area contributed by atoms with Crippen LogP contribution in [-0.2, 0) is 16.0 Å². The van der Waals surface area contributed by atoms with Crippen LogP contribution in [0, 0.1) is 5.41 Å². The second-order valence-corrected chi connectivity index (χ2v) is 6.02. The molecule has 0 fully saturated rings. The van der Waals surface area contributed by atoms with E-state index in [9.17, 15) is 4.79 Å². The maximum absolute atomic E-state index is 12.0. The van der Waals surface area contributed by atoms with Crippen LogP contribution >= 0.6 is 0 Å². The van der Waals surface area contributed by atoms with Crippen molar-refractivity contribution in [1.82, 2.24) is 0 Å². The van der Waals surface area contributed by atoms with Gasteiger partial charge in [0.1, 0.15) is 5.78 Å². The summed E-state index contributed by atoms with van der Waals surface area (Å²) in [6.45, 7) is 6.70. The number of hydrogen-bond donors (Lipinski definition) is 0. The molecule has 0 radical (unpaired) electrons. The Morgan fingerprint density at radius 1 is 1.33 bits per heavy atom. The molecule has 0 amide bonds. The van der Waals surface area contributed by atoms with Crippen LogP contribution in [0.15, 0.2) is 24.3 Å². The van der Waals surface area contributed by atoms with Crippen molar-refractivity contribution in [2.45, 2.75) is 46.1 Å². The lowest BCUT2D eigenvalue weighted by Gasteiger charge is -2.27. The van der Waals surface area contributed by atoms with Crippen molar-refractivity contribution in [2.75, 3.05) is 6.61 Å². The molecular formula is C16H22O2. The van der Waals surface area contributed by atoms with Gasteiger partial charge in [0, 0.05) is 11.8 Å². The molecule has 1 aromatic carbocycles. The van der Waals surface area contributed by atoms with Gasteiger partial charge in [0.25, 0.3) is 0 Å². The molecule has 1 atom stereocenters. The molecule has 0 aromatic heterocycles. The summed E-state index contributed by atoms with van der Waals surface area (Å²) >= 11 is 0. The van der Waals surface area contributed by atoms with Crippen molar-refractivity contribution < 1.29 is 9.53 Å². The average molecular weight is 246 g/mol. The first-order valence-electron chi connectivity index (χ1n) is 6.71. The van der Waals surface area contributed by atoms with E-state index < -0.39 is 0 Å². The fraction of sp³-hybridized carbons (Fsp3) is 0.562. The lowest BCUT2D eigenvalue weighted by Crippen LogP contribution is -2.22. The number of carbonyl (C=O) groups excluding carboxylic acids is 1. The highest BCUT2D eigenvalue weighted by Crippen LogP contribution is 2.31. The van der Waals surface area contributed by atoms with Gasteiger partial charge in [0.15, 0.2) is 0 Å². The average Bonchev–Trinajstić information content (AvgIpc) is 2.34. The van der Waals surface area contributed by atoms with Crippen molar-refractivity contribution in [3.8, 4) is 0 Å². The molecule has 2 nitrogen and oxygen atoms in total. The van der Waals surface area contributed by atoms with E-state index in [4.69, 9.17) is 4.74 Å². The molecule has 1 aromatic rings. The van der Waals surface area contributed by atoms with Crippen LogP contribution < -0.4 is 0 Å². The van der Waals surface area contributed by atoms with E-state index >= 15 is 0 Å². The lowest BCUT2D eigenvalue weighted by molar-refractivity contribution is -0.127. The lowest BCUT2D eigenvalue weighted by atomic mass is 9.86. The maximum atomic E-state index is 12.0. The Morgan fingerprint density at radius 2 is 2.06 bits per heavy atom. The van der Waals surface area contributed by atoms with Gasteiger partial charge in [-0.3, -0.25) is 4.79 Å². The monoisotopic (exact) mass is 246 g/mol. The van der Waals surface area contributed by atoms with Gasteiger partial charge in [-0.25, -0.2) is 0 Å². The number of benzene rings is 1. The third kappa shape index (κ3) is 2.99. The van der Waals surface area contributed by atoms with Crippen LogP contribution in [0.1, 0.15) is 50.8 Å². The van der Waals surface area contributed by atoms with E-state index in [0.29, 0.717) is 12.2 Å². The van der Waals surface area contributed by atoms with E-state index in [1.165, 1.54) is 11.1 Å². The minimum absolute atomic E-state index is 0.0984. The van der Waals surface area contributed by atoms with Crippen LogP contribution in [-0.4, -0.2) is 12.4 Å². The Labute approximate surface area is 109 Å². The van der Waals surface area contributed by atoms with Gasteiger partial charge >= 0.3 is 0 Å². The van der Waals surface area contributed by atoms with Gasteiger partial charge in [-0.2, -0.15) is 0 Å². The fourth-order valence-electron chi connectivity index (χ4n) is 2.35. The van der Waals surface area contributed by atoms with Gasteiger partial charge in [-0.15, -0.1) is 0 Å². The number of rotatable bonds is 3. The molecule has 2 heteroatoms. The molecule has 1 heterocycles. The highest BCUT2D eigenvalue weighted by Gasteiger charge is 2.25. The molecule has 1 aliphatic heterocycles. The Morgan fingerprint density at radius 3 is 2.78 bits per heavy atom. The molecule has 18 heavy (non-hydrogen) atoms. The zero-order chi connectivity index (χ0) is 13.2. The molecule has 0 N–H and O–H groups in total. The van der Waals surface area contributed by atoms with Gasteiger partial charge in [-0.1, -0.05) is 45.0 Å². The number of fused-ring (bicyclic) bond motifs is 1. The molecule has 0 saturated heterocycles. The predicted molar refractivity (Wildman–Crippen MR) is 72.5 cm³/mol. The van der Waals surface area contributed by atoms with Crippen LogP contribution in [0.4, 0.5) is 0 Å². The van der Waals surface area contributed by atoms with E-state index in [0.717, 1.165) is 19.4 Å². The molecule has 0 bridgehead atoms. The quantitative estimate of drug-likeness (QED) is 0.813. The third-order valence-corrected chi connectivity index (χ3v) is 3.56.